The third-order valence-corrected chi connectivity index (χ3v) is 3.01. The molecule has 0 radical (unpaired) electrons. The summed E-state index contributed by atoms with van der Waals surface area (Å²) in [6, 6.07) is 7.56. The van der Waals surface area contributed by atoms with Crippen LogP contribution in [0.4, 0.5) is 21.7 Å². The second kappa shape index (κ2) is 7.17. The van der Waals surface area contributed by atoms with E-state index in [4.69, 9.17) is 11.6 Å². The van der Waals surface area contributed by atoms with Crippen LogP contribution in [0, 0.1) is 11.7 Å². The van der Waals surface area contributed by atoms with Crippen molar-refractivity contribution in [2.45, 2.75) is 20.3 Å². The Morgan fingerprint density at radius 3 is 2.50 bits per heavy atom. The summed E-state index contributed by atoms with van der Waals surface area (Å²) in [7, 11) is 0. The first-order valence-corrected chi connectivity index (χ1v) is 7.17. The molecule has 0 aliphatic heterocycles. The molecule has 1 amide bonds. The monoisotopic (exact) mass is 322 g/mol. The summed E-state index contributed by atoms with van der Waals surface area (Å²) in [5.41, 5.74) is 0.595. The van der Waals surface area contributed by atoms with E-state index in [2.05, 4.69) is 20.8 Å². The molecule has 2 aromatic rings. The highest BCUT2D eigenvalue weighted by atomic mass is 35.5. The predicted molar refractivity (Wildman–Crippen MR) is 84.8 cm³/mol. The van der Waals surface area contributed by atoms with Gasteiger partial charge in [-0.1, -0.05) is 25.4 Å². The molecule has 2 rings (SSSR count). The van der Waals surface area contributed by atoms with Gasteiger partial charge in [0, 0.05) is 12.1 Å². The summed E-state index contributed by atoms with van der Waals surface area (Å²) in [4.78, 5) is 11.6. The molecule has 0 bridgehead atoms. The molecule has 2 N–H and O–H groups in total. The van der Waals surface area contributed by atoms with Crippen molar-refractivity contribution in [2.24, 2.45) is 5.92 Å². The van der Waals surface area contributed by atoms with Crippen molar-refractivity contribution in [3.63, 3.8) is 0 Å². The van der Waals surface area contributed by atoms with Crippen LogP contribution >= 0.6 is 11.6 Å². The predicted octanol–water partition coefficient (Wildman–Crippen LogP) is 4.00. The Labute approximate surface area is 132 Å². The minimum atomic E-state index is -0.485. The molecule has 1 heterocycles. The lowest BCUT2D eigenvalue weighted by Gasteiger charge is -2.08. The first-order valence-electron chi connectivity index (χ1n) is 6.79. The van der Waals surface area contributed by atoms with Gasteiger partial charge in [-0.25, -0.2) is 4.39 Å². The van der Waals surface area contributed by atoms with E-state index >= 15 is 0 Å². The average Bonchev–Trinajstić information content (AvgIpc) is 2.44. The lowest BCUT2D eigenvalue weighted by molar-refractivity contribution is -0.116. The molecule has 0 unspecified atom stereocenters. The minimum Gasteiger partial charge on any atom is -0.339 e. The van der Waals surface area contributed by atoms with Crippen LogP contribution in [-0.4, -0.2) is 16.1 Å². The van der Waals surface area contributed by atoms with Gasteiger partial charge in [-0.2, -0.15) is 0 Å². The molecular weight excluding hydrogens is 307 g/mol. The number of carbonyl (C=O) groups excluding carboxylic acids is 1. The maximum atomic E-state index is 13.1. The molecule has 0 fully saturated rings. The van der Waals surface area contributed by atoms with Gasteiger partial charge in [0.15, 0.2) is 11.6 Å². The smallest absolute Gasteiger partial charge is 0.225 e. The number of benzene rings is 1. The number of rotatable bonds is 5. The third-order valence-electron chi connectivity index (χ3n) is 2.72. The highest BCUT2D eigenvalue weighted by molar-refractivity contribution is 6.31. The summed E-state index contributed by atoms with van der Waals surface area (Å²) >= 11 is 5.71. The molecule has 116 valence electrons. The Hall–Kier alpha value is -2.21. The maximum absolute atomic E-state index is 13.1. The van der Waals surface area contributed by atoms with Crippen molar-refractivity contribution in [3.05, 3.63) is 41.2 Å². The van der Waals surface area contributed by atoms with Crippen molar-refractivity contribution in [1.29, 1.82) is 0 Å². The first kappa shape index (κ1) is 16.2. The number of halogens is 2. The second-order valence-corrected chi connectivity index (χ2v) is 5.61. The van der Waals surface area contributed by atoms with E-state index in [0.29, 0.717) is 23.7 Å². The Morgan fingerprint density at radius 2 is 1.91 bits per heavy atom. The zero-order chi connectivity index (χ0) is 16.1. The molecular formula is C15H16ClFN4O. The van der Waals surface area contributed by atoms with Gasteiger partial charge in [-0.15, -0.1) is 10.2 Å². The summed E-state index contributed by atoms with van der Waals surface area (Å²) in [6.07, 6.45) is 0.426. The third kappa shape index (κ3) is 4.66. The van der Waals surface area contributed by atoms with E-state index < -0.39 is 5.82 Å². The molecule has 1 aromatic heterocycles. The van der Waals surface area contributed by atoms with Crippen LogP contribution in [0.2, 0.25) is 5.02 Å². The number of nitrogens with one attached hydrogen (secondary N) is 2. The van der Waals surface area contributed by atoms with Gasteiger partial charge in [0.05, 0.1) is 5.02 Å². The fraction of sp³-hybridized carbons (Fsp3) is 0.267. The van der Waals surface area contributed by atoms with Gasteiger partial charge in [0.25, 0.3) is 0 Å². The van der Waals surface area contributed by atoms with Crippen LogP contribution in [0.15, 0.2) is 30.3 Å². The van der Waals surface area contributed by atoms with E-state index in [1.165, 1.54) is 12.1 Å². The molecule has 22 heavy (non-hydrogen) atoms. The molecule has 7 heteroatoms. The fourth-order valence-electron chi connectivity index (χ4n) is 1.75. The summed E-state index contributed by atoms with van der Waals surface area (Å²) in [5.74, 6) is 0.534. The number of hydrogen-bond acceptors (Lipinski definition) is 4. The molecule has 0 atom stereocenters. The van der Waals surface area contributed by atoms with Crippen LogP contribution in [0.3, 0.4) is 0 Å². The Bertz CT molecular complexity index is 661. The van der Waals surface area contributed by atoms with Crippen LogP contribution in [-0.2, 0) is 4.79 Å². The van der Waals surface area contributed by atoms with Gasteiger partial charge in [-0.3, -0.25) is 4.79 Å². The quantitative estimate of drug-likeness (QED) is 0.873. The van der Waals surface area contributed by atoms with E-state index in [0.717, 1.165) is 0 Å². The number of aromatic nitrogens is 2. The normalized spacial score (nSPS) is 10.6. The summed E-state index contributed by atoms with van der Waals surface area (Å²) in [6.45, 7) is 3.93. The number of anilines is 3. The topological polar surface area (TPSA) is 66.9 Å². The highest BCUT2D eigenvalue weighted by Crippen LogP contribution is 2.22. The van der Waals surface area contributed by atoms with Crippen LogP contribution in [0.1, 0.15) is 20.3 Å². The first-order chi connectivity index (χ1) is 10.4. The van der Waals surface area contributed by atoms with Crippen molar-refractivity contribution in [2.75, 3.05) is 10.6 Å². The maximum Gasteiger partial charge on any atom is 0.225 e. The van der Waals surface area contributed by atoms with Crippen molar-refractivity contribution >= 4 is 34.8 Å². The second-order valence-electron chi connectivity index (χ2n) is 5.20. The Balaban J connectivity index is 1.99. The molecule has 0 spiro atoms. The van der Waals surface area contributed by atoms with Gasteiger partial charge in [0.1, 0.15) is 5.82 Å². The van der Waals surface area contributed by atoms with Gasteiger partial charge < -0.3 is 10.6 Å². The number of nitrogens with zero attached hydrogens (tertiary/aromatic N) is 2. The zero-order valence-corrected chi connectivity index (χ0v) is 13.0. The lowest BCUT2D eigenvalue weighted by Crippen LogP contribution is -2.15. The molecule has 0 saturated heterocycles. The molecule has 0 aliphatic rings. The van der Waals surface area contributed by atoms with E-state index in [-0.39, 0.29) is 16.8 Å². The van der Waals surface area contributed by atoms with E-state index in [9.17, 15) is 9.18 Å². The SMILES string of the molecule is CC(C)CC(=O)Nc1ccc(Nc2ccc(F)c(Cl)c2)nn1. The average molecular weight is 323 g/mol. The Kier molecular flexibility index (Phi) is 5.27. The van der Waals surface area contributed by atoms with Crippen LogP contribution < -0.4 is 10.6 Å². The standard InChI is InChI=1S/C15H16ClFN4O/c1-9(2)7-15(22)19-14-6-5-13(20-21-14)18-10-3-4-12(17)11(16)8-10/h3-6,8-9H,7H2,1-2H3,(H,18,20)(H,19,21,22). The van der Waals surface area contributed by atoms with Gasteiger partial charge in [-0.05, 0) is 36.2 Å². The Morgan fingerprint density at radius 1 is 1.23 bits per heavy atom. The minimum absolute atomic E-state index is 0.0236. The summed E-state index contributed by atoms with van der Waals surface area (Å²) in [5, 5.41) is 13.5. The molecule has 5 nitrogen and oxygen atoms in total. The number of carbonyl (C=O) groups is 1. The van der Waals surface area contributed by atoms with E-state index in [1.807, 2.05) is 13.8 Å². The van der Waals surface area contributed by atoms with E-state index in [1.54, 1.807) is 18.2 Å². The fourth-order valence-corrected chi connectivity index (χ4v) is 1.93. The van der Waals surface area contributed by atoms with Crippen molar-refractivity contribution in [1.82, 2.24) is 10.2 Å². The van der Waals surface area contributed by atoms with Crippen LogP contribution in [0.5, 0.6) is 0 Å². The zero-order valence-electron chi connectivity index (χ0n) is 12.2. The lowest BCUT2D eigenvalue weighted by atomic mass is 10.1. The molecule has 0 aliphatic carbocycles. The summed E-state index contributed by atoms with van der Waals surface area (Å²) < 4.78 is 13.1. The van der Waals surface area contributed by atoms with Crippen molar-refractivity contribution < 1.29 is 9.18 Å². The number of hydrogen-bond donors (Lipinski definition) is 2. The highest BCUT2D eigenvalue weighted by Gasteiger charge is 2.07. The molecule has 0 saturated carbocycles. The van der Waals surface area contributed by atoms with Gasteiger partial charge in [0.2, 0.25) is 5.91 Å². The van der Waals surface area contributed by atoms with Gasteiger partial charge >= 0.3 is 0 Å². The van der Waals surface area contributed by atoms with Crippen molar-refractivity contribution in [3.8, 4) is 0 Å². The number of amides is 1. The molecule has 1 aromatic carbocycles. The largest absolute Gasteiger partial charge is 0.339 e. The van der Waals surface area contributed by atoms with Crippen LogP contribution in [0.25, 0.3) is 0 Å².